The Morgan fingerprint density at radius 2 is 1.97 bits per heavy atom. The highest BCUT2D eigenvalue weighted by atomic mass is 19.4. The molecule has 1 N–H and O–H groups in total. The van der Waals surface area contributed by atoms with Crippen LogP contribution in [0.15, 0.2) is 18.2 Å². The summed E-state index contributed by atoms with van der Waals surface area (Å²) in [4.78, 5) is 14.9. The highest BCUT2D eigenvalue weighted by Gasteiger charge is 2.48. The molecule has 4 atom stereocenters. The van der Waals surface area contributed by atoms with E-state index >= 15 is 0 Å². The number of allylic oxidation sites excluding steroid dienone is 2. The normalized spacial score (nSPS) is 29.4. The first kappa shape index (κ1) is 22.2. The Labute approximate surface area is 182 Å². The zero-order valence-electron chi connectivity index (χ0n) is 18.6. The molecule has 8 heteroatoms. The Hall–Kier alpha value is -1.99. The average Bonchev–Trinajstić information content (AvgIpc) is 3.16. The zero-order valence-corrected chi connectivity index (χ0v) is 18.6. The van der Waals surface area contributed by atoms with Gasteiger partial charge in [0.2, 0.25) is 5.91 Å². The number of hydrogen-bond acceptors (Lipinski definition) is 3. The maximum absolute atomic E-state index is 13.9. The molecular weight excluding hydrogens is 405 g/mol. The fraction of sp³-hybridized carbons (Fsp3) is 0.739. The summed E-state index contributed by atoms with van der Waals surface area (Å²) in [6.45, 7) is 7.12. The van der Waals surface area contributed by atoms with E-state index < -0.39 is 12.2 Å². The highest BCUT2D eigenvalue weighted by Crippen LogP contribution is 2.44. The van der Waals surface area contributed by atoms with Crippen LogP contribution in [0.3, 0.4) is 0 Å². The van der Waals surface area contributed by atoms with E-state index in [1.807, 2.05) is 25.7 Å². The fourth-order valence-corrected chi connectivity index (χ4v) is 5.06. The summed E-state index contributed by atoms with van der Waals surface area (Å²) in [5, 5.41) is 7.73. The van der Waals surface area contributed by atoms with Gasteiger partial charge in [-0.15, -0.1) is 0 Å². The fourth-order valence-electron chi connectivity index (χ4n) is 5.06. The molecule has 0 radical (unpaired) electrons. The van der Waals surface area contributed by atoms with Crippen molar-refractivity contribution in [3.63, 3.8) is 0 Å². The van der Waals surface area contributed by atoms with E-state index in [1.54, 1.807) is 6.07 Å². The lowest BCUT2D eigenvalue weighted by Crippen LogP contribution is -2.45. The molecular formula is C23H33F3N4O. The van der Waals surface area contributed by atoms with Crippen molar-refractivity contribution in [1.82, 2.24) is 14.7 Å². The van der Waals surface area contributed by atoms with E-state index in [-0.39, 0.29) is 35.6 Å². The number of aromatic nitrogens is 2. The maximum atomic E-state index is 13.9. The van der Waals surface area contributed by atoms with Crippen molar-refractivity contribution in [3.05, 3.63) is 23.9 Å². The first-order chi connectivity index (χ1) is 14.5. The van der Waals surface area contributed by atoms with E-state index in [0.29, 0.717) is 18.1 Å². The van der Waals surface area contributed by atoms with Crippen molar-refractivity contribution < 1.29 is 18.0 Å². The van der Waals surface area contributed by atoms with Crippen LogP contribution < -0.4 is 5.32 Å². The number of nitrogens with one attached hydrogen (secondary N) is 1. The quantitative estimate of drug-likeness (QED) is 0.639. The van der Waals surface area contributed by atoms with Gasteiger partial charge in [0.25, 0.3) is 0 Å². The van der Waals surface area contributed by atoms with Crippen LogP contribution in [-0.4, -0.2) is 45.9 Å². The van der Waals surface area contributed by atoms with Crippen LogP contribution in [-0.2, 0) is 4.79 Å². The molecule has 3 aliphatic rings. The van der Waals surface area contributed by atoms with E-state index in [2.05, 4.69) is 22.6 Å². The summed E-state index contributed by atoms with van der Waals surface area (Å²) in [5.74, 6) is 0.614. The van der Waals surface area contributed by atoms with Gasteiger partial charge in [0.05, 0.1) is 5.69 Å². The minimum Gasteiger partial charge on any atom is -0.367 e. The summed E-state index contributed by atoms with van der Waals surface area (Å²) in [6, 6.07) is -0.143. The second-order valence-corrected chi connectivity index (χ2v) is 10.4. The second-order valence-electron chi connectivity index (χ2n) is 10.4. The molecule has 1 aromatic rings. The number of hydrogen-bond donors (Lipinski definition) is 1. The Bertz CT molecular complexity index is 839. The van der Waals surface area contributed by atoms with Gasteiger partial charge in [-0.05, 0) is 43.9 Å². The Morgan fingerprint density at radius 1 is 1.19 bits per heavy atom. The van der Waals surface area contributed by atoms with Crippen molar-refractivity contribution in [2.45, 2.75) is 83.5 Å². The maximum Gasteiger partial charge on any atom is 0.410 e. The molecule has 31 heavy (non-hydrogen) atoms. The predicted molar refractivity (Wildman–Crippen MR) is 114 cm³/mol. The van der Waals surface area contributed by atoms with Crippen LogP contribution in [0.5, 0.6) is 0 Å². The van der Waals surface area contributed by atoms with Gasteiger partial charge < -0.3 is 10.2 Å². The summed E-state index contributed by atoms with van der Waals surface area (Å²) in [6.07, 6.45) is 4.08. The predicted octanol–water partition coefficient (Wildman–Crippen LogP) is 5.28. The highest BCUT2D eigenvalue weighted by molar-refractivity contribution is 5.79. The summed E-state index contributed by atoms with van der Waals surface area (Å²) in [5.41, 5.74) is 0.356. The monoisotopic (exact) mass is 438 g/mol. The van der Waals surface area contributed by atoms with Crippen LogP contribution in [0.4, 0.5) is 19.0 Å². The van der Waals surface area contributed by atoms with Crippen LogP contribution in [0.25, 0.3) is 0 Å². The largest absolute Gasteiger partial charge is 0.410 e. The van der Waals surface area contributed by atoms with E-state index in [1.165, 1.54) is 0 Å². The number of piperidine rings is 1. The third-order valence-corrected chi connectivity index (χ3v) is 7.02. The van der Waals surface area contributed by atoms with Gasteiger partial charge in [-0.3, -0.25) is 4.79 Å². The van der Waals surface area contributed by atoms with Gasteiger partial charge in [-0.25, -0.2) is 4.68 Å². The molecule has 4 rings (SSSR count). The van der Waals surface area contributed by atoms with Gasteiger partial charge in [-0.2, -0.15) is 18.3 Å². The van der Waals surface area contributed by atoms with Crippen molar-refractivity contribution in [1.29, 1.82) is 0 Å². The molecule has 0 saturated carbocycles. The number of halogens is 3. The first-order valence-electron chi connectivity index (χ1n) is 11.4. The van der Waals surface area contributed by atoms with Gasteiger partial charge in [-0.1, -0.05) is 32.9 Å². The Kier molecular flexibility index (Phi) is 5.85. The Morgan fingerprint density at radius 3 is 2.61 bits per heavy atom. The Balaban J connectivity index is 1.55. The summed E-state index contributed by atoms with van der Waals surface area (Å²) in [7, 11) is 0. The van der Waals surface area contributed by atoms with Crippen LogP contribution in [0.2, 0.25) is 0 Å². The van der Waals surface area contributed by atoms with Crippen LogP contribution >= 0.6 is 0 Å². The third kappa shape index (κ3) is 4.62. The molecule has 0 spiro atoms. The number of nitrogens with zero attached hydrogens (tertiary/aromatic N) is 3. The number of carbonyl (C=O) groups is 1. The standard InChI is InChI=1S/C23H33F3N4O/c1-22(2,3)18-13-19(23(24,25)26)30-20(27-18)12-17(28-30)16-10-7-11-29(14-16)21(31)15-8-5-4-6-9-15/h4-5,12,15-16,18-19,27H,6-11,13-14H2,1-3H3/t15-,16+,18-,19+/m0/s1. The van der Waals surface area contributed by atoms with Crippen molar-refractivity contribution in [3.8, 4) is 0 Å². The van der Waals surface area contributed by atoms with Gasteiger partial charge in [0.1, 0.15) is 5.82 Å². The average molecular weight is 439 g/mol. The number of fused-ring (bicyclic) bond motifs is 1. The second kappa shape index (κ2) is 8.17. The number of alkyl halides is 3. The van der Waals surface area contributed by atoms with Crippen molar-refractivity contribution >= 4 is 11.7 Å². The molecule has 1 aliphatic carbocycles. The first-order valence-corrected chi connectivity index (χ1v) is 11.4. The van der Waals surface area contributed by atoms with Crippen molar-refractivity contribution in [2.24, 2.45) is 11.3 Å². The molecule has 2 aliphatic heterocycles. The number of carbonyl (C=O) groups excluding carboxylic acids is 1. The molecule has 0 unspecified atom stereocenters. The molecule has 5 nitrogen and oxygen atoms in total. The number of rotatable bonds is 2. The summed E-state index contributed by atoms with van der Waals surface area (Å²) >= 11 is 0. The number of amides is 1. The SMILES string of the molecule is CC(C)(C)[C@@H]1C[C@H](C(F)(F)F)n2nc([C@@H]3CCCN(C(=O)[C@H]4CC=CCC4)C3)cc2N1. The minimum absolute atomic E-state index is 0.0290. The van der Waals surface area contributed by atoms with Gasteiger partial charge in [0.15, 0.2) is 6.04 Å². The smallest absolute Gasteiger partial charge is 0.367 e. The molecule has 1 amide bonds. The molecule has 0 bridgehead atoms. The van der Waals surface area contributed by atoms with Gasteiger partial charge in [0, 0.05) is 37.0 Å². The lowest BCUT2D eigenvalue weighted by molar-refractivity contribution is -0.175. The van der Waals surface area contributed by atoms with Crippen molar-refractivity contribution in [2.75, 3.05) is 18.4 Å². The lowest BCUT2D eigenvalue weighted by atomic mass is 9.82. The van der Waals surface area contributed by atoms with Crippen LogP contribution in [0, 0.1) is 11.3 Å². The number of anilines is 1. The van der Waals surface area contributed by atoms with Crippen LogP contribution in [0.1, 0.15) is 76.9 Å². The molecule has 172 valence electrons. The third-order valence-electron chi connectivity index (χ3n) is 7.02. The van der Waals surface area contributed by atoms with E-state index in [9.17, 15) is 18.0 Å². The minimum atomic E-state index is -4.35. The lowest BCUT2D eigenvalue weighted by Gasteiger charge is -2.39. The number of likely N-dealkylation sites (tertiary alicyclic amines) is 1. The topological polar surface area (TPSA) is 50.2 Å². The molecule has 1 fully saturated rings. The zero-order chi connectivity index (χ0) is 22.4. The molecule has 3 heterocycles. The summed E-state index contributed by atoms with van der Waals surface area (Å²) < 4.78 is 42.7. The van der Waals surface area contributed by atoms with E-state index in [4.69, 9.17) is 0 Å². The molecule has 1 aromatic heterocycles. The van der Waals surface area contributed by atoms with Gasteiger partial charge >= 0.3 is 6.18 Å². The molecule has 0 aromatic carbocycles. The molecule has 1 saturated heterocycles. The van der Waals surface area contributed by atoms with E-state index in [0.717, 1.165) is 43.3 Å².